The van der Waals surface area contributed by atoms with Gasteiger partial charge >= 0.3 is 0 Å². The normalized spacial score (nSPS) is 12.4. The zero-order valence-electron chi connectivity index (χ0n) is 9.84. The molecule has 0 heterocycles. The molecule has 0 aliphatic heterocycles. The summed E-state index contributed by atoms with van der Waals surface area (Å²) in [5.74, 6) is 0. The monoisotopic (exact) mass is 235 g/mol. The summed E-state index contributed by atoms with van der Waals surface area (Å²) in [6.07, 6.45) is 1.71. The molecule has 1 N–H and O–H groups in total. The molecule has 1 aromatic carbocycles. The van der Waals surface area contributed by atoms with Crippen molar-refractivity contribution in [3.63, 3.8) is 0 Å². The van der Waals surface area contributed by atoms with Crippen LogP contribution in [0, 0.1) is 0 Å². The van der Waals surface area contributed by atoms with Crippen molar-refractivity contribution >= 4 is 23.5 Å². The first-order chi connectivity index (χ1) is 7.65. The third-order valence-corrected chi connectivity index (χ3v) is 2.60. The molecule has 86 valence electrons. The third-order valence-electron chi connectivity index (χ3n) is 2.22. The van der Waals surface area contributed by atoms with Crippen molar-refractivity contribution in [2.45, 2.75) is 19.9 Å². The number of hydrogen-bond acceptors (Lipinski definition) is 2. The Kier molecular flexibility index (Phi) is 4.92. The summed E-state index contributed by atoms with van der Waals surface area (Å²) in [4.78, 5) is 0. The molecule has 0 fully saturated rings. The first kappa shape index (κ1) is 12.6. The number of hydrazone groups is 1. The molecule has 1 unspecified atom stereocenters. The number of nitrogens with zero attached hydrogens (tertiary/aromatic N) is 2. The lowest BCUT2D eigenvalue weighted by atomic mass is 10.1. The van der Waals surface area contributed by atoms with E-state index in [1.807, 2.05) is 32.2 Å². The zero-order valence-corrected chi connectivity index (χ0v) is 10.7. The van der Waals surface area contributed by atoms with Gasteiger partial charge in [-0.2, -0.15) is 5.10 Å². The minimum atomic E-state index is 0.184. The maximum Gasteiger partial charge on any atom is 0.189 e. The van der Waals surface area contributed by atoms with Crippen molar-refractivity contribution in [2.75, 3.05) is 7.05 Å². The molecule has 0 aliphatic rings. The van der Waals surface area contributed by atoms with Crippen LogP contribution in [0.15, 0.2) is 35.4 Å². The van der Waals surface area contributed by atoms with E-state index in [2.05, 4.69) is 29.5 Å². The first-order valence-corrected chi connectivity index (χ1v) is 5.63. The minimum absolute atomic E-state index is 0.184. The standard InChI is InChI=1S/C12H17N3S/c1-4-13-15(3)12(16)14-10(2)11-8-6-5-7-9-11/h4-10H,1-3H3,(H,14,16)/b13-4+. The summed E-state index contributed by atoms with van der Waals surface area (Å²) in [7, 11) is 1.83. The average Bonchev–Trinajstić information content (AvgIpc) is 2.30. The molecule has 3 nitrogen and oxygen atoms in total. The largest absolute Gasteiger partial charge is 0.355 e. The van der Waals surface area contributed by atoms with Crippen molar-refractivity contribution in [3.05, 3.63) is 35.9 Å². The summed E-state index contributed by atoms with van der Waals surface area (Å²) in [5, 5.41) is 9.57. The van der Waals surface area contributed by atoms with E-state index >= 15 is 0 Å². The lowest BCUT2D eigenvalue weighted by Crippen LogP contribution is -2.35. The van der Waals surface area contributed by atoms with Gasteiger partial charge in [0.15, 0.2) is 5.11 Å². The quantitative estimate of drug-likeness (QED) is 0.496. The Bertz CT molecular complexity index is 362. The second kappa shape index (κ2) is 6.23. The Labute approximate surface area is 102 Å². The van der Waals surface area contributed by atoms with Crippen molar-refractivity contribution in [1.29, 1.82) is 0 Å². The van der Waals surface area contributed by atoms with E-state index in [0.717, 1.165) is 0 Å². The van der Waals surface area contributed by atoms with Crippen molar-refractivity contribution in [3.8, 4) is 0 Å². The molecule has 0 amide bonds. The predicted molar refractivity (Wildman–Crippen MR) is 72.5 cm³/mol. The Morgan fingerprint density at radius 2 is 2.06 bits per heavy atom. The number of thiocarbonyl (C=S) groups is 1. The second-order valence-electron chi connectivity index (χ2n) is 3.48. The molecule has 0 spiro atoms. The smallest absolute Gasteiger partial charge is 0.189 e. The maximum atomic E-state index is 5.22. The third kappa shape index (κ3) is 3.62. The fourth-order valence-electron chi connectivity index (χ4n) is 1.33. The molecule has 0 radical (unpaired) electrons. The summed E-state index contributed by atoms with van der Waals surface area (Å²) in [6.45, 7) is 3.94. The van der Waals surface area contributed by atoms with Gasteiger partial charge in [0.2, 0.25) is 0 Å². The second-order valence-corrected chi connectivity index (χ2v) is 3.87. The van der Waals surface area contributed by atoms with Crippen molar-refractivity contribution in [1.82, 2.24) is 10.3 Å². The van der Waals surface area contributed by atoms with Crippen LogP contribution in [-0.2, 0) is 0 Å². The van der Waals surface area contributed by atoms with Crippen LogP contribution in [0.25, 0.3) is 0 Å². The van der Waals surface area contributed by atoms with Gasteiger partial charge in [0.05, 0.1) is 6.04 Å². The molecular weight excluding hydrogens is 218 g/mol. The molecule has 0 aliphatic carbocycles. The van der Waals surface area contributed by atoms with E-state index in [-0.39, 0.29) is 6.04 Å². The number of rotatable bonds is 3. The van der Waals surface area contributed by atoms with Crippen LogP contribution in [0.1, 0.15) is 25.5 Å². The highest BCUT2D eigenvalue weighted by Gasteiger charge is 2.08. The van der Waals surface area contributed by atoms with E-state index in [0.29, 0.717) is 5.11 Å². The number of benzene rings is 1. The van der Waals surface area contributed by atoms with E-state index < -0.39 is 0 Å². The molecule has 1 atom stereocenters. The van der Waals surface area contributed by atoms with E-state index in [1.54, 1.807) is 11.2 Å². The molecule has 0 saturated heterocycles. The van der Waals surface area contributed by atoms with Gasteiger partial charge < -0.3 is 5.32 Å². The van der Waals surface area contributed by atoms with Gasteiger partial charge in [0.1, 0.15) is 0 Å². The van der Waals surface area contributed by atoms with Gasteiger partial charge in [-0.25, -0.2) is 5.01 Å². The van der Waals surface area contributed by atoms with Crippen LogP contribution in [0.4, 0.5) is 0 Å². The molecule has 1 rings (SSSR count). The van der Waals surface area contributed by atoms with E-state index in [1.165, 1.54) is 5.56 Å². The Balaban J connectivity index is 2.58. The van der Waals surface area contributed by atoms with Crippen molar-refractivity contribution in [2.24, 2.45) is 5.10 Å². The van der Waals surface area contributed by atoms with Gasteiger partial charge in [0, 0.05) is 13.3 Å². The number of nitrogens with one attached hydrogen (secondary N) is 1. The molecule has 16 heavy (non-hydrogen) atoms. The number of hydrogen-bond donors (Lipinski definition) is 1. The summed E-state index contributed by atoms with van der Waals surface area (Å²) in [5.41, 5.74) is 1.21. The van der Waals surface area contributed by atoms with Crippen LogP contribution in [-0.4, -0.2) is 23.4 Å². The lowest BCUT2D eigenvalue weighted by Gasteiger charge is -2.20. The highest BCUT2D eigenvalue weighted by Crippen LogP contribution is 2.11. The van der Waals surface area contributed by atoms with Crippen molar-refractivity contribution < 1.29 is 0 Å². The Morgan fingerprint density at radius 3 is 2.62 bits per heavy atom. The fourth-order valence-corrected chi connectivity index (χ4v) is 1.55. The Hall–Kier alpha value is -1.42. The minimum Gasteiger partial charge on any atom is -0.355 e. The van der Waals surface area contributed by atoms with Gasteiger partial charge in [-0.1, -0.05) is 30.3 Å². The van der Waals surface area contributed by atoms with Crippen LogP contribution in [0.2, 0.25) is 0 Å². The highest BCUT2D eigenvalue weighted by atomic mass is 32.1. The van der Waals surface area contributed by atoms with E-state index in [4.69, 9.17) is 12.2 Å². The zero-order chi connectivity index (χ0) is 12.0. The van der Waals surface area contributed by atoms with Gasteiger partial charge in [-0.3, -0.25) is 0 Å². The van der Waals surface area contributed by atoms with Crippen LogP contribution in [0.5, 0.6) is 0 Å². The summed E-state index contributed by atoms with van der Waals surface area (Å²) < 4.78 is 0. The van der Waals surface area contributed by atoms with Crippen LogP contribution < -0.4 is 5.32 Å². The topological polar surface area (TPSA) is 27.6 Å². The maximum absolute atomic E-state index is 5.22. The molecule has 0 saturated carbocycles. The molecule has 4 heteroatoms. The van der Waals surface area contributed by atoms with Gasteiger partial charge in [0.25, 0.3) is 0 Å². The predicted octanol–water partition coefficient (Wildman–Crippen LogP) is 2.56. The molecule has 1 aromatic rings. The summed E-state index contributed by atoms with van der Waals surface area (Å²) >= 11 is 5.22. The molecule has 0 aromatic heterocycles. The Morgan fingerprint density at radius 1 is 1.44 bits per heavy atom. The molecule has 0 bridgehead atoms. The van der Waals surface area contributed by atoms with E-state index in [9.17, 15) is 0 Å². The average molecular weight is 235 g/mol. The highest BCUT2D eigenvalue weighted by molar-refractivity contribution is 7.80. The first-order valence-electron chi connectivity index (χ1n) is 5.23. The van der Waals surface area contributed by atoms with Gasteiger partial charge in [-0.05, 0) is 31.6 Å². The molecular formula is C12H17N3S. The van der Waals surface area contributed by atoms with Gasteiger partial charge in [-0.15, -0.1) is 0 Å². The SMILES string of the molecule is C/C=N/N(C)C(=S)NC(C)c1ccccc1. The van der Waals surface area contributed by atoms with Crippen LogP contribution >= 0.6 is 12.2 Å². The fraction of sp³-hybridized carbons (Fsp3) is 0.333. The van der Waals surface area contributed by atoms with Crippen LogP contribution in [0.3, 0.4) is 0 Å². The summed E-state index contributed by atoms with van der Waals surface area (Å²) in [6, 6.07) is 10.4. The lowest BCUT2D eigenvalue weighted by molar-refractivity contribution is 0.517.